The van der Waals surface area contributed by atoms with Crippen LogP contribution in [-0.4, -0.2) is 12.2 Å². The van der Waals surface area contributed by atoms with E-state index in [1.54, 1.807) is 0 Å². The normalized spacial score (nSPS) is 1.50. The van der Waals surface area contributed by atoms with Crippen LogP contribution in [0.4, 0.5) is 0 Å². The predicted molar refractivity (Wildman–Crippen MR) is 8.14 cm³/mol. The first-order valence-corrected chi connectivity index (χ1v) is 0.447. The van der Waals surface area contributed by atoms with E-state index in [-0.39, 0.29) is 36.5 Å². The van der Waals surface area contributed by atoms with Gasteiger partial charge in [-0.1, -0.05) is 0 Å². The molecule has 3 heteroatoms. The quantitative estimate of drug-likeness (QED) is 0.523. The van der Waals surface area contributed by atoms with E-state index < -0.39 is 0 Å². The van der Waals surface area contributed by atoms with Gasteiger partial charge in [-0.25, -0.2) is 0 Å². The zero-order valence-electron chi connectivity index (χ0n) is 2.10. The van der Waals surface area contributed by atoms with Crippen molar-refractivity contribution in [2.45, 2.75) is 0 Å². The fourth-order valence-corrected chi connectivity index (χ4v) is 0. The Labute approximate surface area is 49.0 Å². The van der Waals surface area contributed by atoms with Crippen LogP contribution in [0.1, 0.15) is 0 Å². The van der Waals surface area contributed by atoms with Crippen molar-refractivity contribution in [1.82, 2.24) is 0 Å². The van der Waals surface area contributed by atoms with Crippen molar-refractivity contribution < 1.29 is 41.7 Å². The van der Waals surface area contributed by atoms with Crippen LogP contribution in [0.2, 0.25) is 0 Å². The van der Waals surface area contributed by atoms with Crippen molar-refractivity contribution in [3.63, 3.8) is 0 Å². The molecule has 0 bridgehead atoms. The Balaban J connectivity index is -0.00000000500. The maximum absolute atomic E-state index is 7.00. The Morgan fingerprint density at radius 1 is 1.25 bits per heavy atom. The third-order valence-corrected chi connectivity index (χ3v) is 0. The summed E-state index contributed by atoms with van der Waals surface area (Å²) in [4.78, 5) is 0. The fraction of sp³-hybridized carbons (Fsp3) is 1.00. The summed E-state index contributed by atoms with van der Waals surface area (Å²) in [5.41, 5.74) is 0. The summed E-state index contributed by atoms with van der Waals surface area (Å²) in [7, 11) is 1.00. The van der Waals surface area contributed by atoms with Crippen LogP contribution in [0.15, 0.2) is 0 Å². The molecule has 0 aliphatic heterocycles. The standard InChI is InChI=1S/CH4O.Cu.Ru/c1-2;;/h2H,1H3;;. The largest absolute Gasteiger partial charge is 0.400 e. The second kappa shape index (κ2) is 32.5. The van der Waals surface area contributed by atoms with Crippen LogP contribution >= 0.6 is 0 Å². The molecule has 0 fully saturated rings. The van der Waals surface area contributed by atoms with E-state index >= 15 is 0 Å². The number of aliphatic hydroxyl groups excluding tert-OH is 1. The van der Waals surface area contributed by atoms with Crippen LogP contribution in [0.3, 0.4) is 0 Å². The van der Waals surface area contributed by atoms with Crippen LogP contribution < -0.4 is 0 Å². The molecule has 0 aliphatic carbocycles. The minimum Gasteiger partial charge on any atom is -0.400 e. The summed E-state index contributed by atoms with van der Waals surface area (Å²) in [6.45, 7) is 0. The average Bonchev–Trinajstić information content (AvgIpc) is 1.00. The first kappa shape index (κ1) is 19.4. The molecule has 0 aromatic rings. The van der Waals surface area contributed by atoms with Gasteiger partial charge >= 0.3 is 0 Å². The number of rotatable bonds is 0. The molecule has 0 saturated carbocycles. The maximum Gasteiger partial charge on any atom is 0.0319 e. The van der Waals surface area contributed by atoms with Gasteiger partial charge in [0.15, 0.2) is 0 Å². The van der Waals surface area contributed by atoms with E-state index in [2.05, 4.69) is 0 Å². The van der Waals surface area contributed by atoms with Gasteiger partial charge in [-0.3, -0.25) is 0 Å². The van der Waals surface area contributed by atoms with Crippen molar-refractivity contribution in [3.8, 4) is 0 Å². The zero-order valence-corrected chi connectivity index (χ0v) is 4.78. The van der Waals surface area contributed by atoms with E-state index in [1.807, 2.05) is 0 Å². The molecular weight excluding hydrogens is 193 g/mol. The molecular formula is CH4CuORu. The zero-order chi connectivity index (χ0) is 2.00. The topological polar surface area (TPSA) is 20.2 Å². The summed E-state index contributed by atoms with van der Waals surface area (Å²) >= 11 is 0. The minimum absolute atomic E-state index is 0. The molecule has 33 valence electrons. The Morgan fingerprint density at radius 3 is 1.25 bits per heavy atom. The van der Waals surface area contributed by atoms with E-state index in [0.717, 1.165) is 7.11 Å². The second-order valence-corrected chi connectivity index (χ2v) is 0. The van der Waals surface area contributed by atoms with Gasteiger partial charge < -0.3 is 5.11 Å². The van der Waals surface area contributed by atoms with E-state index in [1.165, 1.54) is 0 Å². The Hall–Kier alpha value is 1.10. The molecule has 0 unspecified atom stereocenters. The molecule has 0 spiro atoms. The van der Waals surface area contributed by atoms with Crippen molar-refractivity contribution in [3.05, 3.63) is 0 Å². The summed E-state index contributed by atoms with van der Waals surface area (Å²) in [6, 6.07) is 0. The molecule has 0 heterocycles. The van der Waals surface area contributed by atoms with Crippen LogP contribution in [0, 0.1) is 0 Å². The van der Waals surface area contributed by atoms with Gasteiger partial charge in [-0.2, -0.15) is 0 Å². The molecule has 0 amide bonds. The van der Waals surface area contributed by atoms with E-state index in [4.69, 9.17) is 5.11 Å². The summed E-state index contributed by atoms with van der Waals surface area (Å²) in [5, 5.41) is 7.00. The summed E-state index contributed by atoms with van der Waals surface area (Å²) in [6.07, 6.45) is 0. The van der Waals surface area contributed by atoms with Crippen LogP contribution in [0.25, 0.3) is 0 Å². The van der Waals surface area contributed by atoms with Gasteiger partial charge in [-0.05, 0) is 0 Å². The van der Waals surface area contributed by atoms with Crippen molar-refractivity contribution in [2.24, 2.45) is 0 Å². The minimum atomic E-state index is 0. The second-order valence-electron chi connectivity index (χ2n) is 0. The van der Waals surface area contributed by atoms with Crippen molar-refractivity contribution >= 4 is 0 Å². The van der Waals surface area contributed by atoms with Gasteiger partial charge in [0, 0.05) is 43.7 Å². The molecule has 1 N–H and O–H groups in total. The Kier molecular flexibility index (Phi) is 158. The molecule has 0 aromatic heterocycles. The Morgan fingerprint density at radius 2 is 1.25 bits per heavy atom. The van der Waals surface area contributed by atoms with Crippen molar-refractivity contribution in [2.75, 3.05) is 7.11 Å². The molecule has 0 saturated heterocycles. The monoisotopic (exact) mass is 197 g/mol. The fourth-order valence-electron chi connectivity index (χ4n) is 0. The van der Waals surface area contributed by atoms with Crippen LogP contribution in [-0.2, 0) is 36.5 Å². The predicted octanol–water partition coefficient (Wildman–Crippen LogP) is -0.397. The summed E-state index contributed by atoms with van der Waals surface area (Å²) in [5.74, 6) is 0. The molecule has 0 aromatic carbocycles. The first-order valence-electron chi connectivity index (χ1n) is 0.447. The SMILES string of the molecule is CO.[Cu].[Ru]. The van der Waals surface area contributed by atoms with E-state index in [0.29, 0.717) is 0 Å². The smallest absolute Gasteiger partial charge is 0.0319 e. The number of hydrogen-bond acceptors (Lipinski definition) is 1. The summed E-state index contributed by atoms with van der Waals surface area (Å²) < 4.78 is 0. The van der Waals surface area contributed by atoms with E-state index in [9.17, 15) is 0 Å². The van der Waals surface area contributed by atoms with Gasteiger partial charge in [0.05, 0.1) is 0 Å². The van der Waals surface area contributed by atoms with Crippen LogP contribution in [0.5, 0.6) is 0 Å². The molecule has 4 heavy (non-hydrogen) atoms. The first-order chi connectivity index (χ1) is 1.00. The Bertz CT molecular complexity index is 8.00. The number of hydrogen-bond donors (Lipinski definition) is 1. The average molecular weight is 197 g/mol. The van der Waals surface area contributed by atoms with Gasteiger partial charge in [-0.15, -0.1) is 0 Å². The van der Waals surface area contributed by atoms with Gasteiger partial charge in [0.1, 0.15) is 0 Å². The molecule has 0 rings (SSSR count). The van der Waals surface area contributed by atoms with Crippen molar-refractivity contribution in [1.29, 1.82) is 0 Å². The molecule has 1 radical (unpaired) electrons. The molecule has 0 atom stereocenters. The van der Waals surface area contributed by atoms with Gasteiger partial charge in [0.25, 0.3) is 0 Å². The number of aliphatic hydroxyl groups is 1. The third kappa shape index (κ3) is 11.3. The third-order valence-electron chi connectivity index (χ3n) is 0. The maximum atomic E-state index is 7.00. The molecule has 1 nitrogen and oxygen atoms in total. The van der Waals surface area contributed by atoms with Gasteiger partial charge in [0.2, 0.25) is 0 Å². The molecule has 0 aliphatic rings.